The first kappa shape index (κ1) is 20.3. The van der Waals surface area contributed by atoms with Gasteiger partial charge in [-0.1, -0.05) is 6.08 Å². The van der Waals surface area contributed by atoms with Crippen molar-refractivity contribution in [2.75, 3.05) is 6.26 Å². The number of allylic oxidation sites excluding steroid dienone is 1. The molecular weight excluding hydrogens is 400 g/mol. The molecule has 30 heavy (non-hydrogen) atoms. The number of hydrogen-bond acceptors (Lipinski definition) is 5. The van der Waals surface area contributed by atoms with Crippen LogP contribution in [0.15, 0.2) is 51.8 Å². The van der Waals surface area contributed by atoms with Crippen LogP contribution >= 0.6 is 11.8 Å². The number of aliphatic carboxylic acids is 1. The maximum atomic E-state index is 12.6. The summed E-state index contributed by atoms with van der Waals surface area (Å²) in [6.45, 7) is 3.75. The highest BCUT2D eigenvalue weighted by Gasteiger charge is 2.53. The Balaban J connectivity index is 1.53. The van der Waals surface area contributed by atoms with Crippen molar-refractivity contribution in [1.82, 2.24) is 0 Å². The summed E-state index contributed by atoms with van der Waals surface area (Å²) in [6.07, 6.45) is 6.25. The van der Waals surface area contributed by atoms with E-state index in [0.29, 0.717) is 29.9 Å². The summed E-state index contributed by atoms with van der Waals surface area (Å²) in [6, 6.07) is 11.4. The normalized spacial score (nSPS) is 14.9. The number of fused-ring (bicyclic) bond motifs is 1. The topological polar surface area (TPSA) is 76.7 Å². The minimum Gasteiger partial charge on any atom is -0.478 e. The fourth-order valence-electron chi connectivity index (χ4n) is 3.42. The van der Waals surface area contributed by atoms with E-state index in [2.05, 4.69) is 0 Å². The third-order valence-electron chi connectivity index (χ3n) is 5.27. The first-order valence-corrected chi connectivity index (χ1v) is 10.9. The molecule has 1 aromatic heterocycles. The zero-order valence-electron chi connectivity index (χ0n) is 17.0. The van der Waals surface area contributed by atoms with Crippen molar-refractivity contribution in [2.45, 2.75) is 37.2 Å². The molecule has 0 spiro atoms. The van der Waals surface area contributed by atoms with E-state index >= 15 is 0 Å². The Morgan fingerprint density at radius 1 is 1.13 bits per heavy atom. The molecule has 0 aliphatic heterocycles. The molecule has 3 aromatic rings. The second-order valence-electron chi connectivity index (χ2n) is 7.60. The summed E-state index contributed by atoms with van der Waals surface area (Å²) >= 11 is 1.62. The lowest BCUT2D eigenvalue weighted by atomic mass is 10.0. The van der Waals surface area contributed by atoms with Gasteiger partial charge in [0, 0.05) is 23.1 Å². The molecule has 0 bridgehead atoms. The molecule has 1 aliphatic rings. The molecule has 0 unspecified atom stereocenters. The lowest BCUT2D eigenvalue weighted by Gasteiger charge is -2.18. The number of carbonyl (C=O) groups excluding carboxylic acids is 1. The van der Waals surface area contributed by atoms with Crippen LogP contribution in [0.5, 0.6) is 5.75 Å². The van der Waals surface area contributed by atoms with Crippen molar-refractivity contribution in [2.24, 2.45) is 0 Å². The van der Waals surface area contributed by atoms with Gasteiger partial charge in [0.05, 0.1) is 0 Å². The summed E-state index contributed by atoms with van der Waals surface area (Å²) in [5.41, 5.74) is 2.12. The number of rotatable bonds is 7. The van der Waals surface area contributed by atoms with Crippen LogP contribution in [0.25, 0.3) is 17.0 Å². The molecule has 4 rings (SSSR count). The Bertz CT molecular complexity index is 1160. The van der Waals surface area contributed by atoms with Gasteiger partial charge in [0.1, 0.15) is 11.3 Å². The number of carboxylic acid groups (broad SMARTS) is 1. The van der Waals surface area contributed by atoms with Crippen molar-refractivity contribution >= 4 is 40.6 Å². The zero-order valence-corrected chi connectivity index (χ0v) is 17.8. The van der Waals surface area contributed by atoms with Gasteiger partial charge in [-0.3, -0.25) is 4.79 Å². The van der Waals surface area contributed by atoms with Gasteiger partial charge in [-0.15, -0.1) is 11.8 Å². The van der Waals surface area contributed by atoms with E-state index in [9.17, 15) is 14.7 Å². The summed E-state index contributed by atoms with van der Waals surface area (Å²) in [7, 11) is 0. The fraction of sp³-hybridized carbons (Fsp3) is 0.250. The molecular formula is C24H22O5S. The summed E-state index contributed by atoms with van der Waals surface area (Å²) < 4.78 is 11.6. The minimum atomic E-state index is -1.08. The summed E-state index contributed by atoms with van der Waals surface area (Å²) in [5, 5.41) is 10.2. The Labute approximate surface area is 178 Å². The van der Waals surface area contributed by atoms with Gasteiger partial charge >= 0.3 is 5.97 Å². The number of ether oxygens (including phenoxy) is 1. The zero-order chi connectivity index (χ0) is 21.5. The number of thioether (sulfide) groups is 1. The first-order chi connectivity index (χ1) is 14.3. The standard InChI is InChI=1S/C24H22O5S/c1-14-10-16(11-15(2)22(14)29-24(8-9-24)23(26)27)4-7-19(25)21-12-17-5-6-18(30-3)13-20(17)28-21/h4-7,10-13H,8-9H2,1-3H3,(H,26,27)/b7-4+. The van der Waals surface area contributed by atoms with Crippen molar-refractivity contribution < 1.29 is 23.8 Å². The molecule has 0 saturated heterocycles. The predicted octanol–water partition coefficient (Wildman–Crippen LogP) is 5.66. The average molecular weight is 423 g/mol. The summed E-state index contributed by atoms with van der Waals surface area (Å²) in [4.78, 5) is 25.1. The van der Waals surface area contributed by atoms with Crippen LogP contribution in [-0.4, -0.2) is 28.7 Å². The third kappa shape index (κ3) is 3.87. The van der Waals surface area contributed by atoms with E-state index in [1.165, 1.54) is 6.08 Å². The van der Waals surface area contributed by atoms with Crippen LogP contribution in [0.2, 0.25) is 0 Å². The van der Waals surface area contributed by atoms with Gasteiger partial charge in [-0.25, -0.2) is 4.79 Å². The Morgan fingerprint density at radius 2 is 1.83 bits per heavy atom. The number of carboxylic acids is 1. The predicted molar refractivity (Wildman–Crippen MR) is 118 cm³/mol. The van der Waals surface area contributed by atoms with Crippen molar-refractivity contribution in [3.8, 4) is 5.75 Å². The number of benzene rings is 2. The fourth-order valence-corrected chi connectivity index (χ4v) is 3.85. The first-order valence-electron chi connectivity index (χ1n) is 9.65. The molecule has 1 fully saturated rings. The molecule has 2 aromatic carbocycles. The van der Waals surface area contributed by atoms with E-state index in [1.54, 1.807) is 23.9 Å². The monoisotopic (exact) mass is 422 g/mol. The highest BCUT2D eigenvalue weighted by Crippen LogP contribution is 2.42. The maximum Gasteiger partial charge on any atom is 0.348 e. The van der Waals surface area contributed by atoms with Crippen LogP contribution in [0.1, 0.15) is 40.1 Å². The van der Waals surface area contributed by atoms with Crippen LogP contribution in [-0.2, 0) is 4.79 Å². The largest absolute Gasteiger partial charge is 0.478 e. The maximum absolute atomic E-state index is 12.6. The smallest absolute Gasteiger partial charge is 0.348 e. The van der Waals surface area contributed by atoms with Gasteiger partial charge in [0.15, 0.2) is 5.76 Å². The lowest BCUT2D eigenvalue weighted by molar-refractivity contribution is -0.147. The van der Waals surface area contributed by atoms with Gasteiger partial charge in [-0.05, 0) is 79.3 Å². The number of hydrogen-bond donors (Lipinski definition) is 1. The molecule has 1 saturated carbocycles. The Hall–Kier alpha value is -2.99. The Morgan fingerprint density at radius 3 is 2.43 bits per heavy atom. The third-order valence-corrected chi connectivity index (χ3v) is 6.00. The highest BCUT2D eigenvalue weighted by molar-refractivity contribution is 7.98. The number of furan rings is 1. The van der Waals surface area contributed by atoms with E-state index in [0.717, 1.165) is 27.0 Å². The van der Waals surface area contributed by atoms with Crippen molar-refractivity contribution in [3.63, 3.8) is 0 Å². The van der Waals surface area contributed by atoms with Crippen LogP contribution in [0.3, 0.4) is 0 Å². The second-order valence-corrected chi connectivity index (χ2v) is 8.48. The van der Waals surface area contributed by atoms with Crippen molar-refractivity contribution in [3.05, 3.63) is 64.9 Å². The summed E-state index contributed by atoms with van der Waals surface area (Å²) in [5.74, 6) is -0.244. The van der Waals surface area contributed by atoms with Crippen LogP contribution in [0, 0.1) is 13.8 Å². The van der Waals surface area contributed by atoms with Crippen LogP contribution in [0.4, 0.5) is 0 Å². The number of ketones is 1. The number of aryl methyl sites for hydroxylation is 2. The number of carbonyl (C=O) groups is 2. The Kier molecular flexibility index (Phi) is 5.20. The molecule has 0 radical (unpaired) electrons. The van der Waals surface area contributed by atoms with E-state index in [-0.39, 0.29) is 5.78 Å². The van der Waals surface area contributed by atoms with E-state index < -0.39 is 11.6 Å². The van der Waals surface area contributed by atoms with Gasteiger partial charge < -0.3 is 14.3 Å². The molecule has 0 atom stereocenters. The van der Waals surface area contributed by atoms with Gasteiger partial charge in [-0.2, -0.15) is 0 Å². The van der Waals surface area contributed by atoms with Gasteiger partial charge in [0.2, 0.25) is 11.4 Å². The average Bonchev–Trinajstić information content (AvgIpc) is 3.39. The molecule has 1 heterocycles. The van der Waals surface area contributed by atoms with E-state index in [4.69, 9.17) is 9.15 Å². The highest BCUT2D eigenvalue weighted by atomic mass is 32.2. The molecule has 154 valence electrons. The van der Waals surface area contributed by atoms with Gasteiger partial charge in [0.25, 0.3) is 0 Å². The molecule has 6 heteroatoms. The van der Waals surface area contributed by atoms with Crippen LogP contribution < -0.4 is 4.74 Å². The second kappa shape index (κ2) is 7.69. The molecule has 1 aliphatic carbocycles. The SMILES string of the molecule is CSc1ccc2cc(C(=O)/C=C/c3cc(C)c(OC4(C(=O)O)CC4)c(C)c3)oc2c1. The molecule has 0 amide bonds. The minimum absolute atomic E-state index is 0.213. The molecule has 1 N–H and O–H groups in total. The quantitative estimate of drug-likeness (QED) is 0.301. The van der Waals surface area contributed by atoms with E-state index in [1.807, 2.05) is 50.4 Å². The molecule has 5 nitrogen and oxygen atoms in total. The van der Waals surface area contributed by atoms with Crippen molar-refractivity contribution in [1.29, 1.82) is 0 Å². The lowest BCUT2D eigenvalue weighted by Crippen LogP contribution is -2.29.